The highest BCUT2D eigenvalue weighted by atomic mass is 16.2. The van der Waals surface area contributed by atoms with Gasteiger partial charge in [-0.3, -0.25) is 9.48 Å². The molecule has 0 aliphatic heterocycles. The van der Waals surface area contributed by atoms with Crippen LogP contribution < -0.4 is 11.1 Å². The number of amides is 1. The zero-order valence-corrected chi connectivity index (χ0v) is 12.1. The Kier molecular flexibility index (Phi) is 4.75. The predicted molar refractivity (Wildman–Crippen MR) is 81.5 cm³/mol. The molecule has 0 spiro atoms. The van der Waals surface area contributed by atoms with Gasteiger partial charge in [-0.15, -0.1) is 0 Å². The quantitative estimate of drug-likeness (QED) is 0.831. The van der Waals surface area contributed by atoms with Crippen molar-refractivity contribution in [2.75, 3.05) is 6.54 Å². The summed E-state index contributed by atoms with van der Waals surface area (Å²) in [6.07, 6.45) is 1.74. The molecule has 5 nitrogen and oxygen atoms in total. The minimum Gasteiger partial charge on any atom is -0.344 e. The standard InChI is InChI=1S/C16H18N4O/c1-12(18-16(21)15-8-10-20(2)19-15)14-7-3-5-13(11-14)6-4-9-17/h3,5,7-8,10-12H,9,17H2,1-2H3,(H,18,21). The van der Waals surface area contributed by atoms with E-state index in [4.69, 9.17) is 5.73 Å². The molecule has 1 amide bonds. The Labute approximate surface area is 124 Å². The van der Waals surface area contributed by atoms with Gasteiger partial charge in [0, 0.05) is 18.8 Å². The molecule has 2 aromatic rings. The number of aromatic nitrogens is 2. The molecule has 0 fully saturated rings. The number of benzene rings is 1. The first kappa shape index (κ1) is 14.8. The summed E-state index contributed by atoms with van der Waals surface area (Å²) in [5.74, 6) is 5.61. The zero-order chi connectivity index (χ0) is 15.2. The number of carbonyl (C=O) groups excluding carboxylic acids is 1. The van der Waals surface area contributed by atoms with Crippen molar-refractivity contribution in [3.8, 4) is 11.8 Å². The van der Waals surface area contributed by atoms with Gasteiger partial charge in [0.1, 0.15) is 5.69 Å². The van der Waals surface area contributed by atoms with Crippen LogP contribution in [0.15, 0.2) is 36.5 Å². The monoisotopic (exact) mass is 282 g/mol. The number of aryl methyl sites for hydroxylation is 1. The van der Waals surface area contributed by atoms with Crippen LogP contribution in [0.5, 0.6) is 0 Å². The van der Waals surface area contributed by atoms with Crippen LogP contribution in [0.1, 0.15) is 34.6 Å². The molecule has 1 heterocycles. The first-order valence-corrected chi connectivity index (χ1v) is 6.69. The van der Waals surface area contributed by atoms with E-state index in [0.29, 0.717) is 12.2 Å². The second-order valence-corrected chi connectivity index (χ2v) is 4.70. The molecule has 21 heavy (non-hydrogen) atoms. The van der Waals surface area contributed by atoms with Crippen LogP contribution in [0.25, 0.3) is 0 Å². The normalized spacial score (nSPS) is 11.4. The van der Waals surface area contributed by atoms with E-state index < -0.39 is 0 Å². The molecule has 1 unspecified atom stereocenters. The highest BCUT2D eigenvalue weighted by Crippen LogP contribution is 2.14. The second kappa shape index (κ2) is 6.73. The van der Waals surface area contributed by atoms with Crippen molar-refractivity contribution < 1.29 is 4.79 Å². The second-order valence-electron chi connectivity index (χ2n) is 4.70. The molecule has 1 aromatic heterocycles. The minimum atomic E-state index is -0.193. The van der Waals surface area contributed by atoms with Crippen molar-refractivity contribution in [2.24, 2.45) is 12.8 Å². The summed E-state index contributed by atoms with van der Waals surface area (Å²) < 4.78 is 1.60. The summed E-state index contributed by atoms with van der Waals surface area (Å²) >= 11 is 0. The van der Waals surface area contributed by atoms with Crippen LogP contribution in [0.3, 0.4) is 0 Å². The van der Waals surface area contributed by atoms with E-state index in [0.717, 1.165) is 11.1 Å². The molecule has 0 aliphatic rings. The van der Waals surface area contributed by atoms with Crippen LogP contribution in [0, 0.1) is 11.8 Å². The lowest BCUT2D eigenvalue weighted by molar-refractivity contribution is 0.0934. The largest absolute Gasteiger partial charge is 0.344 e. The SMILES string of the molecule is CC(NC(=O)c1ccn(C)n1)c1cccc(C#CCN)c1. The lowest BCUT2D eigenvalue weighted by Crippen LogP contribution is -2.27. The zero-order valence-electron chi connectivity index (χ0n) is 12.1. The Morgan fingerprint density at radius 2 is 2.29 bits per heavy atom. The Balaban J connectivity index is 2.09. The average Bonchev–Trinajstić information content (AvgIpc) is 2.92. The predicted octanol–water partition coefficient (Wildman–Crippen LogP) is 1.22. The third-order valence-corrected chi connectivity index (χ3v) is 3.02. The van der Waals surface area contributed by atoms with Gasteiger partial charge in [0.25, 0.3) is 5.91 Å². The van der Waals surface area contributed by atoms with Crippen LogP contribution in [-0.2, 0) is 7.05 Å². The van der Waals surface area contributed by atoms with Gasteiger partial charge in [-0.1, -0.05) is 24.0 Å². The van der Waals surface area contributed by atoms with E-state index in [9.17, 15) is 4.79 Å². The Morgan fingerprint density at radius 1 is 1.48 bits per heavy atom. The number of hydrogen-bond acceptors (Lipinski definition) is 3. The van der Waals surface area contributed by atoms with Crippen molar-refractivity contribution in [1.29, 1.82) is 0 Å². The maximum absolute atomic E-state index is 12.1. The maximum atomic E-state index is 12.1. The summed E-state index contributed by atoms with van der Waals surface area (Å²) in [4.78, 5) is 12.1. The lowest BCUT2D eigenvalue weighted by Gasteiger charge is -2.13. The topological polar surface area (TPSA) is 72.9 Å². The molecule has 2 rings (SSSR count). The third-order valence-electron chi connectivity index (χ3n) is 3.02. The van der Waals surface area contributed by atoms with Crippen molar-refractivity contribution in [3.05, 3.63) is 53.3 Å². The molecule has 0 saturated heterocycles. The van der Waals surface area contributed by atoms with E-state index >= 15 is 0 Å². The maximum Gasteiger partial charge on any atom is 0.272 e. The lowest BCUT2D eigenvalue weighted by atomic mass is 10.1. The summed E-state index contributed by atoms with van der Waals surface area (Å²) in [5, 5.41) is 7.01. The van der Waals surface area contributed by atoms with Crippen LogP contribution in [0.2, 0.25) is 0 Å². The van der Waals surface area contributed by atoms with Gasteiger partial charge in [-0.2, -0.15) is 5.10 Å². The fourth-order valence-corrected chi connectivity index (χ4v) is 1.93. The molecule has 5 heteroatoms. The Bertz CT molecular complexity index is 694. The van der Waals surface area contributed by atoms with E-state index in [1.807, 2.05) is 31.2 Å². The summed E-state index contributed by atoms with van der Waals surface area (Å²) in [5.41, 5.74) is 7.65. The molecule has 3 N–H and O–H groups in total. The molecule has 0 radical (unpaired) electrons. The van der Waals surface area contributed by atoms with Crippen LogP contribution in [0.4, 0.5) is 0 Å². The van der Waals surface area contributed by atoms with E-state index in [1.165, 1.54) is 0 Å². The van der Waals surface area contributed by atoms with E-state index in [2.05, 4.69) is 22.3 Å². The van der Waals surface area contributed by atoms with Gasteiger partial charge in [0.05, 0.1) is 12.6 Å². The molecule has 0 saturated carbocycles. The molecule has 1 atom stereocenters. The van der Waals surface area contributed by atoms with Crippen molar-refractivity contribution in [1.82, 2.24) is 15.1 Å². The van der Waals surface area contributed by atoms with Gasteiger partial charge in [-0.25, -0.2) is 0 Å². The van der Waals surface area contributed by atoms with Crippen LogP contribution >= 0.6 is 0 Å². The first-order chi connectivity index (χ1) is 10.1. The summed E-state index contributed by atoms with van der Waals surface area (Å²) in [7, 11) is 1.78. The van der Waals surface area contributed by atoms with Gasteiger partial charge in [-0.05, 0) is 30.7 Å². The Hall–Kier alpha value is -2.58. The van der Waals surface area contributed by atoms with Crippen LogP contribution in [-0.4, -0.2) is 22.2 Å². The van der Waals surface area contributed by atoms with Crippen molar-refractivity contribution in [2.45, 2.75) is 13.0 Å². The van der Waals surface area contributed by atoms with Crippen molar-refractivity contribution in [3.63, 3.8) is 0 Å². The number of nitrogens with two attached hydrogens (primary N) is 1. The molecule has 1 aromatic carbocycles. The summed E-state index contributed by atoms with van der Waals surface area (Å²) in [6.45, 7) is 2.26. The fraction of sp³-hybridized carbons (Fsp3) is 0.250. The van der Waals surface area contributed by atoms with Gasteiger partial charge >= 0.3 is 0 Å². The molecule has 0 aliphatic carbocycles. The molecule has 0 bridgehead atoms. The van der Waals surface area contributed by atoms with E-state index in [1.54, 1.807) is 24.0 Å². The number of hydrogen-bond donors (Lipinski definition) is 2. The first-order valence-electron chi connectivity index (χ1n) is 6.69. The molecule has 108 valence electrons. The highest BCUT2D eigenvalue weighted by molar-refractivity contribution is 5.92. The number of rotatable bonds is 3. The number of nitrogens with zero attached hydrogens (tertiary/aromatic N) is 2. The molecular weight excluding hydrogens is 264 g/mol. The minimum absolute atomic E-state index is 0.126. The summed E-state index contributed by atoms with van der Waals surface area (Å²) in [6, 6.07) is 9.30. The number of nitrogens with one attached hydrogen (secondary N) is 1. The average molecular weight is 282 g/mol. The van der Waals surface area contributed by atoms with Gasteiger partial charge < -0.3 is 11.1 Å². The van der Waals surface area contributed by atoms with Crippen molar-refractivity contribution >= 4 is 5.91 Å². The smallest absolute Gasteiger partial charge is 0.272 e. The number of carbonyl (C=O) groups is 1. The highest BCUT2D eigenvalue weighted by Gasteiger charge is 2.13. The van der Waals surface area contributed by atoms with E-state index in [-0.39, 0.29) is 11.9 Å². The van der Waals surface area contributed by atoms with Gasteiger partial charge in [0.2, 0.25) is 0 Å². The molecular formula is C16H18N4O. The Morgan fingerprint density at radius 3 is 2.95 bits per heavy atom. The third kappa shape index (κ3) is 3.94. The van der Waals surface area contributed by atoms with Gasteiger partial charge in [0.15, 0.2) is 0 Å². The fourth-order valence-electron chi connectivity index (χ4n) is 1.93.